The summed E-state index contributed by atoms with van der Waals surface area (Å²) >= 11 is 7.54. The zero-order chi connectivity index (χ0) is 19.2. The summed E-state index contributed by atoms with van der Waals surface area (Å²) < 4.78 is 24.3. The molecule has 0 saturated carbocycles. The highest BCUT2D eigenvalue weighted by Crippen LogP contribution is 2.42. The van der Waals surface area contributed by atoms with E-state index >= 15 is 0 Å². The fourth-order valence-corrected chi connectivity index (χ4v) is 7.49. The van der Waals surface area contributed by atoms with Gasteiger partial charge in [-0.05, 0) is 36.8 Å². The molecule has 0 aliphatic carbocycles. The number of aliphatic imine (C=N–C) groups is 1. The van der Waals surface area contributed by atoms with E-state index in [1.165, 1.54) is 11.8 Å². The van der Waals surface area contributed by atoms with Crippen molar-refractivity contribution in [1.29, 1.82) is 0 Å². The number of hydrogen-bond acceptors (Lipinski definition) is 4. The number of halogens is 1. The van der Waals surface area contributed by atoms with Gasteiger partial charge in [0.2, 0.25) is 0 Å². The standard InChI is InChI=1S/C19H17ClN2O3S2/c1-12-7-8-14(20)9-15(12)22-16-10-27(24,25)11-17(16)26-19(22)21-18(23)13-5-3-2-4-6-13/h2-9,16-17H,10-11H2,1H3. The first-order valence-corrected chi connectivity index (χ1v) is 11.5. The van der Waals surface area contributed by atoms with E-state index in [-0.39, 0.29) is 28.7 Å². The summed E-state index contributed by atoms with van der Waals surface area (Å²) in [7, 11) is -3.11. The molecule has 0 radical (unpaired) electrons. The summed E-state index contributed by atoms with van der Waals surface area (Å²) in [5.41, 5.74) is 2.24. The normalized spacial score (nSPS) is 25.0. The van der Waals surface area contributed by atoms with E-state index in [0.717, 1.165) is 11.3 Å². The molecule has 2 atom stereocenters. The van der Waals surface area contributed by atoms with Gasteiger partial charge in [0.15, 0.2) is 15.0 Å². The van der Waals surface area contributed by atoms with Crippen LogP contribution in [0.5, 0.6) is 0 Å². The van der Waals surface area contributed by atoms with E-state index < -0.39 is 9.84 Å². The summed E-state index contributed by atoms with van der Waals surface area (Å²) in [6.07, 6.45) is 0. The fourth-order valence-electron chi connectivity index (χ4n) is 3.42. The molecule has 2 heterocycles. The van der Waals surface area contributed by atoms with Crippen LogP contribution in [0.2, 0.25) is 5.02 Å². The fraction of sp³-hybridized carbons (Fsp3) is 0.263. The van der Waals surface area contributed by atoms with Gasteiger partial charge in [0.25, 0.3) is 5.91 Å². The molecule has 4 rings (SSSR count). The molecular formula is C19H17ClN2O3S2. The Hall–Kier alpha value is -1.83. The van der Waals surface area contributed by atoms with Crippen LogP contribution < -0.4 is 4.90 Å². The molecule has 5 nitrogen and oxygen atoms in total. The number of carbonyl (C=O) groups is 1. The third-order valence-corrected chi connectivity index (χ3v) is 8.16. The number of thioether (sulfide) groups is 1. The van der Waals surface area contributed by atoms with Crippen LogP contribution in [0.15, 0.2) is 53.5 Å². The van der Waals surface area contributed by atoms with Crippen LogP contribution in [0.3, 0.4) is 0 Å². The van der Waals surface area contributed by atoms with E-state index in [2.05, 4.69) is 4.99 Å². The second kappa shape index (κ2) is 6.96. The van der Waals surface area contributed by atoms with Gasteiger partial charge in [-0.3, -0.25) is 4.79 Å². The lowest BCUT2D eigenvalue weighted by Crippen LogP contribution is -2.38. The van der Waals surface area contributed by atoms with Crippen molar-refractivity contribution in [2.45, 2.75) is 18.2 Å². The zero-order valence-electron chi connectivity index (χ0n) is 14.5. The van der Waals surface area contributed by atoms with Crippen molar-refractivity contribution in [3.63, 3.8) is 0 Å². The van der Waals surface area contributed by atoms with Gasteiger partial charge < -0.3 is 4.90 Å². The van der Waals surface area contributed by atoms with Gasteiger partial charge in [-0.25, -0.2) is 8.42 Å². The van der Waals surface area contributed by atoms with Gasteiger partial charge in [-0.2, -0.15) is 4.99 Å². The lowest BCUT2D eigenvalue weighted by atomic mass is 10.1. The van der Waals surface area contributed by atoms with E-state index in [4.69, 9.17) is 11.6 Å². The summed E-state index contributed by atoms with van der Waals surface area (Å²) in [6, 6.07) is 14.1. The van der Waals surface area contributed by atoms with Crippen LogP contribution in [0, 0.1) is 6.92 Å². The Balaban J connectivity index is 1.78. The molecule has 2 aliphatic rings. The van der Waals surface area contributed by atoms with Gasteiger partial charge in [0, 0.05) is 21.5 Å². The maximum Gasteiger partial charge on any atom is 0.279 e. The number of aryl methyl sites for hydroxylation is 1. The first-order chi connectivity index (χ1) is 12.8. The lowest BCUT2D eigenvalue weighted by Gasteiger charge is -2.26. The van der Waals surface area contributed by atoms with E-state index in [1.54, 1.807) is 36.4 Å². The first kappa shape index (κ1) is 18.5. The van der Waals surface area contributed by atoms with E-state index in [1.807, 2.05) is 24.0 Å². The number of hydrogen-bond donors (Lipinski definition) is 0. The van der Waals surface area contributed by atoms with Crippen LogP contribution in [0.1, 0.15) is 15.9 Å². The monoisotopic (exact) mass is 420 g/mol. The second-order valence-electron chi connectivity index (χ2n) is 6.67. The molecule has 2 aliphatic heterocycles. The van der Waals surface area contributed by atoms with Crippen LogP contribution in [0.25, 0.3) is 0 Å². The van der Waals surface area contributed by atoms with Crippen molar-refractivity contribution in [2.75, 3.05) is 16.4 Å². The van der Waals surface area contributed by atoms with Crippen molar-refractivity contribution < 1.29 is 13.2 Å². The summed E-state index contributed by atoms with van der Waals surface area (Å²) in [4.78, 5) is 18.8. The number of sulfone groups is 1. The second-order valence-corrected chi connectivity index (χ2v) is 10.5. The minimum atomic E-state index is -3.11. The summed E-state index contributed by atoms with van der Waals surface area (Å²) in [5.74, 6) is -0.197. The molecule has 0 aromatic heterocycles. The number of rotatable bonds is 2. The Morgan fingerprint density at radius 2 is 1.93 bits per heavy atom. The Kier molecular flexibility index (Phi) is 4.78. The number of nitrogens with zero attached hydrogens (tertiary/aromatic N) is 2. The van der Waals surface area contributed by atoms with Crippen LogP contribution in [0.4, 0.5) is 5.69 Å². The Morgan fingerprint density at radius 1 is 1.19 bits per heavy atom. The number of amidine groups is 1. The predicted octanol–water partition coefficient (Wildman–Crippen LogP) is 3.56. The Morgan fingerprint density at radius 3 is 2.67 bits per heavy atom. The van der Waals surface area contributed by atoms with Gasteiger partial charge in [-0.15, -0.1) is 0 Å². The lowest BCUT2D eigenvalue weighted by molar-refractivity contribution is 0.100. The number of fused-ring (bicyclic) bond motifs is 1. The molecule has 140 valence electrons. The highest BCUT2D eigenvalue weighted by atomic mass is 35.5. The molecule has 0 spiro atoms. The predicted molar refractivity (Wildman–Crippen MR) is 111 cm³/mol. The zero-order valence-corrected chi connectivity index (χ0v) is 16.9. The van der Waals surface area contributed by atoms with E-state index in [9.17, 15) is 13.2 Å². The molecule has 2 aromatic carbocycles. The molecule has 2 unspecified atom stereocenters. The van der Waals surface area contributed by atoms with Crippen molar-refractivity contribution >= 4 is 50.0 Å². The minimum absolute atomic E-state index is 0.0508. The van der Waals surface area contributed by atoms with Crippen LogP contribution in [-0.4, -0.2) is 42.3 Å². The molecule has 8 heteroatoms. The smallest absolute Gasteiger partial charge is 0.279 e. The number of anilines is 1. The molecule has 2 saturated heterocycles. The largest absolute Gasteiger partial charge is 0.315 e. The molecule has 0 bridgehead atoms. The maximum atomic E-state index is 12.6. The van der Waals surface area contributed by atoms with Crippen LogP contribution in [-0.2, 0) is 9.84 Å². The third-order valence-electron chi connectivity index (χ3n) is 4.72. The Bertz CT molecular complexity index is 1040. The molecule has 2 fully saturated rings. The average Bonchev–Trinajstić information content (AvgIpc) is 3.09. The van der Waals surface area contributed by atoms with Crippen molar-refractivity contribution in [3.8, 4) is 0 Å². The topological polar surface area (TPSA) is 66.8 Å². The van der Waals surface area contributed by atoms with Gasteiger partial charge in [-0.1, -0.05) is 47.6 Å². The number of carbonyl (C=O) groups excluding carboxylic acids is 1. The average molecular weight is 421 g/mol. The van der Waals surface area contributed by atoms with Crippen LogP contribution >= 0.6 is 23.4 Å². The van der Waals surface area contributed by atoms with Crippen molar-refractivity contribution in [2.24, 2.45) is 4.99 Å². The molecule has 2 aromatic rings. The molecule has 0 N–H and O–H groups in total. The SMILES string of the molecule is Cc1ccc(Cl)cc1N1C(=NC(=O)c2ccccc2)SC2CS(=O)(=O)CC21. The van der Waals surface area contributed by atoms with Gasteiger partial charge >= 0.3 is 0 Å². The van der Waals surface area contributed by atoms with Gasteiger partial charge in [0.1, 0.15) is 0 Å². The highest BCUT2D eigenvalue weighted by Gasteiger charge is 2.49. The number of benzene rings is 2. The summed E-state index contributed by atoms with van der Waals surface area (Å²) in [6.45, 7) is 1.93. The summed E-state index contributed by atoms with van der Waals surface area (Å²) in [5, 5.41) is 0.938. The molecule has 1 amide bonds. The first-order valence-electron chi connectivity index (χ1n) is 8.44. The number of amides is 1. The Labute approximate surface area is 167 Å². The minimum Gasteiger partial charge on any atom is -0.315 e. The molecular weight excluding hydrogens is 404 g/mol. The van der Waals surface area contributed by atoms with E-state index in [0.29, 0.717) is 15.8 Å². The highest BCUT2D eigenvalue weighted by molar-refractivity contribution is 8.16. The van der Waals surface area contributed by atoms with Crippen molar-refractivity contribution in [3.05, 3.63) is 64.7 Å². The maximum absolute atomic E-state index is 12.6. The van der Waals surface area contributed by atoms with Crippen molar-refractivity contribution in [1.82, 2.24) is 0 Å². The van der Waals surface area contributed by atoms with Gasteiger partial charge in [0.05, 0.1) is 17.5 Å². The quantitative estimate of drug-likeness (QED) is 0.743. The third kappa shape index (κ3) is 3.63. The molecule has 27 heavy (non-hydrogen) atoms.